The molecule has 41 heavy (non-hydrogen) atoms. The monoisotopic (exact) mass is 595 g/mol. The topological polar surface area (TPSA) is 60.8 Å². The number of amidine groups is 1. The van der Waals surface area contributed by atoms with Gasteiger partial charge in [-0.1, -0.05) is 32.9 Å². The molecule has 220 valence electrons. The number of fused-ring (bicyclic) bond motifs is 1. The second kappa shape index (κ2) is 14.9. The van der Waals surface area contributed by atoms with E-state index < -0.39 is 0 Å². The van der Waals surface area contributed by atoms with E-state index in [9.17, 15) is 9.18 Å². The Labute approximate surface area is 252 Å². The van der Waals surface area contributed by atoms with Crippen molar-refractivity contribution in [2.75, 3.05) is 31.6 Å². The van der Waals surface area contributed by atoms with Crippen molar-refractivity contribution in [1.82, 2.24) is 14.6 Å². The summed E-state index contributed by atoms with van der Waals surface area (Å²) in [5.74, 6) is 1.05. The van der Waals surface area contributed by atoms with E-state index in [1.807, 2.05) is 38.8 Å². The van der Waals surface area contributed by atoms with Gasteiger partial charge in [0.15, 0.2) is 0 Å². The van der Waals surface area contributed by atoms with Gasteiger partial charge in [-0.25, -0.2) is 9.37 Å². The van der Waals surface area contributed by atoms with Crippen LogP contribution >= 0.6 is 23.3 Å². The molecular weight excluding hydrogens is 554 g/mol. The lowest BCUT2D eigenvalue weighted by Crippen LogP contribution is -2.40. The third-order valence-electron chi connectivity index (χ3n) is 7.49. The fraction of sp³-hybridized carbons (Fsp3) is 0.469. The number of nitrogens with zero attached hydrogens (tertiary/aromatic N) is 4. The molecule has 1 aliphatic carbocycles. The molecule has 9 heteroatoms. The number of nitrogens with one attached hydrogen (secondary N) is 1. The number of aliphatic imine (C=N–C) groups is 1. The summed E-state index contributed by atoms with van der Waals surface area (Å²) in [5.41, 5.74) is 4.46. The summed E-state index contributed by atoms with van der Waals surface area (Å²) < 4.78 is 17.3. The van der Waals surface area contributed by atoms with Gasteiger partial charge in [-0.15, -0.1) is 11.3 Å². The summed E-state index contributed by atoms with van der Waals surface area (Å²) >= 11 is 3.13. The van der Waals surface area contributed by atoms with Gasteiger partial charge in [0.05, 0.1) is 18.1 Å². The number of aryl methyl sites for hydroxylation is 2. The SMILES string of the molecule is CC.Cc1csc(C(C)CCC(=O)N(CC2=NCCN2C)c2ccc3c(c2)C(NSc2cccc(F)c2)CCC3)n1. The average molecular weight is 596 g/mol. The molecule has 3 aromatic rings. The predicted molar refractivity (Wildman–Crippen MR) is 171 cm³/mol. The number of amides is 1. The van der Waals surface area contributed by atoms with Crippen molar-refractivity contribution in [3.8, 4) is 0 Å². The van der Waals surface area contributed by atoms with E-state index in [1.54, 1.807) is 23.5 Å². The summed E-state index contributed by atoms with van der Waals surface area (Å²) in [7, 11) is 2.04. The van der Waals surface area contributed by atoms with Crippen molar-refractivity contribution in [3.05, 3.63) is 75.5 Å². The molecule has 1 amide bonds. The maximum Gasteiger partial charge on any atom is 0.227 e. The molecule has 1 N–H and O–H groups in total. The highest BCUT2D eigenvalue weighted by Gasteiger charge is 2.26. The molecule has 0 bridgehead atoms. The maximum atomic E-state index is 13.8. The van der Waals surface area contributed by atoms with Crippen LogP contribution in [0.4, 0.5) is 10.1 Å². The number of carbonyl (C=O) groups is 1. The van der Waals surface area contributed by atoms with Gasteiger partial charge < -0.3 is 9.80 Å². The van der Waals surface area contributed by atoms with E-state index >= 15 is 0 Å². The number of rotatable bonds is 10. The third kappa shape index (κ3) is 8.17. The molecule has 5 rings (SSSR count). The van der Waals surface area contributed by atoms with E-state index in [2.05, 4.69) is 50.1 Å². The van der Waals surface area contributed by atoms with E-state index in [1.165, 1.54) is 29.1 Å². The van der Waals surface area contributed by atoms with E-state index in [4.69, 9.17) is 0 Å². The Morgan fingerprint density at radius 1 is 1.27 bits per heavy atom. The highest BCUT2D eigenvalue weighted by molar-refractivity contribution is 7.97. The number of aromatic nitrogens is 1. The second-order valence-electron chi connectivity index (χ2n) is 10.5. The molecule has 2 heterocycles. The molecule has 2 aliphatic rings. The Bertz CT molecular complexity index is 1340. The molecule has 2 unspecified atom stereocenters. The van der Waals surface area contributed by atoms with Gasteiger partial charge >= 0.3 is 0 Å². The van der Waals surface area contributed by atoms with Gasteiger partial charge in [0.1, 0.15) is 11.7 Å². The van der Waals surface area contributed by atoms with Crippen molar-refractivity contribution in [3.63, 3.8) is 0 Å². The Kier molecular flexibility index (Phi) is 11.4. The summed E-state index contributed by atoms with van der Waals surface area (Å²) in [6.07, 6.45) is 4.31. The summed E-state index contributed by atoms with van der Waals surface area (Å²) in [6, 6.07) is 13.2. The van der Waals surface area contributed by atoms with Gasteiger partial charge in [0.25, 0.3) is 0 Å². The summed E-state index contributed by atoms with van der Waals surface area (Å²) in [4.78, 5) is 27.9. The van der Waals surface area contributed by atoms with Crippen LogP contribution in [-0.4, -0.2) is 48.3 Å². The van der Waals surface area contributed by atoms with Crippen molar-refractivity contribution >= 4 is 40.7 Å². The van der Waals surface area contributed by atoms with Crippen LogP contribution in [0.25, 0.3) is 0 Å². The first kappa shape index (κ1) is 31.2. The number of thiazole rings is 1. The van der Waals surface area contributed by atoms with Gasteiger partial charge in [0, 0.05) is 53.6 Å². The molecule has 1 aliphatic heterocycles. The van der Waals surface area contributed by atoms with E-state index in [-0.39, 0.29) is 23.7 Å². The largest absolute Gasteiger partial charge is 0.360 e. The Balaban J connectivity index is 0.00000189. The zero-order chi connectivity index (χ0) is 29.4. The van der Waals surface area contributed by atoms with Crippen LogP contribution in [0.3, 0.4) is 0 Å². The fourth-order valence-electron chi connectivity index (χ4n) is 5.16. The molecule has 1 aromatic heterocycles. The third-order valence-corrected chi connectivity index (χ3v) is 9.58. The van der Waals surface area contributed by atoms with Crippen molar-refractivity contribution in [2.45, 2.75) is 76.7 Å². The van der Waals surface area contributed by atoms with Crippen LogP contribution in [0.5, 0.6) is 0 Å². The molecule has 2 aromatic carbocycles. The first-order valence-corrected chi connectivity index (χ1v) is 16.3. The zero-order valence-electron chi connectivity index (χ0n) is 24.8. The zero-order valence-corrected chi connectivity index (χ0v) is 26.5. The van der Waals surface area contributed by atoms with Crippen molar-refractivity contribution < 1.29 is 9.18 Å². The lowest BCUT2D eigenvalue weighted by atomic mass is 9.87. The quantitative estimate of drug-likeness (QED) is 0.245. The summed E-state index contributed by atoms with van der Waals surface area (Å²) in [6.45, 7) is 10.3. The van der Waals surface area contributed by atoms with Gasteiger partial charge in [-0.05, 0) is 86.0 Å². The van der Waals surface area contributed by atoms with Gasteiger partial charge in [-0.2, -0.15) is 0 Å². The normalized spacial score (nSPS) is 16.9. The Hall–Kier alpha value is -2.75. The smallest absolute Gasteiger partial charge is 0.227 e. The maximum absolute atomic E-state index is 13.8. The number of anilines is 1. The highest BCUT2D eigenvalue weighted by atomic mass is 32.2. The number of halogens is 1. The van der Waals surface area contributed by atoms with Crippen LogP contribution < -0.4 is 9.62 Å². The van der Waals surface area contributed by atoms with E-state index in [0.717, 1.165) is 65.9 Å². The highest BCUT2D eigenvalue weighted by Crippen LogP contribution is 2.35. The number of hydrogen-bond donors (Lipinski definition) is 1. The molecule has 6 nitrogen and oxygen atoms in total. The van der Waals surface area contributed by atoms with Crippen LogP contribution in [0, 0.1) is 12.7 Å². The molecule has 0 saturated heterocycles. The van der Waals surface area contributed by atoms with Crippen LogP contribution in [-0.2, 0) is 11.2 Å². The lowest BCUT2D eigenvalue weighted by Gasteiger charge is -2.30. The molecule has 2 atom stereocenters. The van der Waals surface area contributed by atoms with Crippen LogP contribution in [0.1, 0.15) is 80.2 Å². The molecule has 0 radical (unpaired) electrons. The summed E-state index contributed by atoms with van der Waals surface area (Å²) in [5, 5.41) is 3.16. The van der Waals surface area contributed by atoms with Gasteiger partial charge in [-0.3, -0.25) is 14.5 Å². The molecule has 0 spiro atoms. The predicted octanol–water partition coefficient (Wildman–Crippen LogP) is 7.55. The number of hydrogen-bond acceptors (Lipinski definition) is 7. The Morgan fingerprint density at radius 3 is 2.80 bits per heavy atom. The van der Waals surface area contributed by atoms with E-state index in [0.29, 0.717) is 13.0 Å². The molecular formula is C32H42FN5OS2. The standard InChI is InChI=1S/C30H36FN5OS2.C2H6/c1-20(30-33-21(2)19-38-30)10-13-29(37)36(18-28-32-14-15-35(28)3)24-12-11-22-6-4-9-27(26(22)17-24)34-39-25-8-5-7-23(31)16-25;1-2/h5,7-8,11-12,16-17,19-20,27,34H,4,6,9-10,13-15,18H2,1-3H3;1-2H3. The average Bonchev–Trinajstić information content (AvgIpc) is 3.61. The van der Waals surface area contributed by atoms with Crippen LogP contribution in [0.15, 0.2) is 57.7 Å². The molecule has 0 saturated carbocycles. The fourth-order valence-corrected chi connectivity index (χ4v) is 6.89. The first-order chi connectivity index (χ1) is 19.9. The second-order valence-corrected chi connectivity index (χ2v) is 12.3. The van der Waals surface area contributed by atoms with Gasteiger partial charge in [0.2, 0.25) is 5.91 Å². The number of likely N-dealkylation sites (N-methyl/N-ethyl adjacent to an activating group) is 1. The van der Waals surface area contributed by atoms with Crippen molar-refractivity contribution in [2.24, 2.45) is 4.99 Å². The lowest BCUT2D eigenvalue weighted by molar-refractivity contribution is -0.118. The number of benzene rings is 2. The molecule has 0 fully saturated rings. The minimum absolute atomic E-state index is 0.104. The minimum atomic E-state index is -0.235. The first-order valence-electron chi connectivity index (χ1n) is 14.6. The van der Waals surface area contributed by atoms with Crippen molar-refractivity contribution in [1.29, 1.82) is 0 Å². The van der Waals surface area contributed by atoms with Crippen LogP contribution in [0.2, 0.25) is 0 Å². The minimum Gasteiger partial charge on any atom is -0.360 e. The Morgan fingerprint density at radius 2 is 2.10 bits per heavy atom. The number of carbonyl (C=O) groups excluding carboxylic acids is 1.